The number of hydrogen-bond acceptors (Lipinski definition) is 2. The second-order valence-electron chi connectivity index (χ2n) is 2.05. The summed E-state index contributed by atoms with van der Waals surface area (Å²) in [5.74, 6) is 0.620. The number of aliphatic hydroxyl groups excluding tert-OH is 1. The van der Waals surface area contributed by atoms with Crippen molar-refractivity contribution >= 4 is 6.20 Å². The van der Waals surface area contributed by atoms with E-state index >= 15 is 0 Å². The van der Waals surface area contributed by atoms with E-state index < -0.39 is 6.10 Å². The van der Waals surface area contributed by atoms with Gasteiger partial charge in [-0.1, -0.05) is 6.58 Å². The van der Waals surface area contributed by atoms with Crippen LogP contribution in [0.25, 0.3) is 6.20 Å². The Balaban J connectivity index is 3.01. The third-order valence-corrected chi connectivity index (χ3v) is 1.27. The van der Waals surface area contributed by atoms with Crippen molar-refractivity contribution in [1.82, 2.24) is 9.55 Å². The molecular formula is C7H10N2O. The maximum absolute atomic E-state index is 9.09. The molecule has 1 N–H and O–H groups in total. The van der Waals surface area contributed by atoms with Crippen LogP contribution in [0.2, 0.25) is 0 Å². The first kappa shape index (κ1) is 7.02. The molecule has 0 radical (unpaired) electrons. The zero-order chi connectivity index (χ0) is 7.56. The van der Waals surface area contributed by atoms with Gasteiger partial charge in [0.1, 0.15) is 11.9 Å². The minimum atomic E-state index is -0.534. The molecule has 0 spiro atoms. The predicted molar refractivity (Wildman–Crippen MR) is 39.2 cm³/mol. The van der Waals surface area contributed by atoms with Crippen molar-refractivity contribution in [3.05, 3.63) is 24.8 Å². The van der Waals surface area contributed by atoms with Crippen molar-refractivity contribution < 1.29 is 5.11 Å². The molecule has 10 heavy (non-hydrogen) atoms. The molecule has 3 nitrogen and oxygen atoms in total. The Bertz CT molecular complexity index is 227. The van der Waals surface area contributed by atoms with Crippen LogP contribution in [0.3, 0.4) is 0 Å². The van der Waals surface area contributed by atoms with Crippen molar-refractivity contribution in [2.75, 3.05) is 0 Å². The molecular weight excluding hydrogens is 128 g/mol. The van der Waals surface area contributed by atoms with Gasteiger partial charge in [-0.2, -0.15) is 0 Å². The van der Waals surface area contributed by atoms with Crippen LogP contribution in [-0.4, -0.2) is 14.7 Å². The van der Waals surface area contributed by atoms with E-state index in [4.69, 9.17) is 5.11 Å². The summed E-state index contributed by atoms with van der Waals surface area (Å²) >= 11 is 0. The number of hydrogen-bond donors (Lipinski definition) is 1. The fourth-order valence-electron chi connectivity index (χ4n) is 0.803. The van der Waals surface area contributed by atoms with Crippen LogP contribution >= 0.6 is 0 Å². The quantitative estimate of drug-likeness (QED) is 0.663. The van der Waals surface area contributed by atoms with Gasteiger partial charge >= 0.3 is 0 Å². The van der Waals surface area contributed by atoms with Crippen molar-refractivity contribution in [3.63, 3.8) is 0 Å². The lowest BCUT2D eigenvalue weighted by molar-refractivity contribution is 0.188. The number of aliphatic hydroxyl groups is 1. The second-order valence-corrected chi connectivity index (χ2v) is 2.05. The zero-order valence-electron chi connectivity index (χ0n) is 5.86. The van der Waals surface area contributed by atoms with Gasteiger partial charge < -0.3 is 9.67 Å². The van der Waals surface area contributed by atoms with Gasteiger partial charge in [-0.05, 0) is 6.92 Å². The summed E-state index contributed by atoms with van der Waals surface area (Å²) < 4.78 is 1.69. The molecule has 1 heterocycles. The van der Waals surface area contributed by atoms with E-state index in [9.17, 15) is 0 Å². The van der Waals surface area contributed by atoms with Gasteiger partial charge in [0.25, 0.3) is 0 Å². The standard InChI is InChI=1S/C7H10N2O/c1-3-9-5-4-8-7(9)6(2)10/h3-6,10H,1H2,2H3. The highest BCUT2D eigenvalue weighted by Gasteiger charge is 2.04. The summed E-state index contributed by atoms with van der Waals surface area (Å²) in [5, 5.41) is 9.09. The zero-order valence-corrected chi connectivity index (χ0v) is 5.86. The Morgan fingerprint density at radius 2 is 2.60 bits per heavy atom. The number of aromatic nitrogens is 2. The van der Waals surface area contributed by atoms with Gasteiger partial charge in [0, 0.05) is 18.6 Å². The summed E-state index contributed by atoms with van der Waals surface area (Å²) in [6, 6.07) is 0. The smallest absolute Gasteiger partial charge is 0.141 e. The Labute approximate surface area is 59.6 Å². The van der Waals surface area contributed by atoms with Crippen LogP contribution in [-0.2, 0) is 0 Å². The molecule has 1 rings (SSSR count). The topological polar surface area (TPSA) is 38.0 Å². The van der Waals surface area contributed by atoms with Crippen molar-refractivity contribution in [1.29, 1.82) is 0 Å². The summed E-state index contributed by atoms with van der Waals surface area (Å²) in [5.41, 5.74) is 0. The number of nitrogens with zero attached hydrogens (tertiary/aromatic N) is 2. The van der Waals surface area contributed by atoms with E-state index in [1.54, 1.807) is 30.1 Å². The number of imidazole rings is 1. The van der Waals surface area contributed by atoms with Gasteiger partial charge in [-0.25, -0.2) is 4.98 Å². The molecule has 0 aliphatic heterocycles. The normalized spacial score (nSPS) is 13.0. The van der Waals surface area contributed by atoms with Gasteiger partial charge in [-0.15, -0.1) is 0 Å². The highest BCUT2D eigenvalue weighted by molar-refractivity contribution is 5.20. The van der Waals surface area contributed by atoms with Gasteiger partial charge in [0.2, 0.25) is 0 Å². The molecule has 1 unspecified atom stereocenters. The van der Waals surface area contributed by atoms with E-state index in [-0.39, 0.29) is 0 Å². The van der Waals surface area contributed by atoms with Gasteiger partial charge in [0.05, 0.1) is 0 Å². The van der Waals surface area contributed by atoms with Crippen molar-refractivity contribution in [2.45, 2.75) is 13.0 Å². The summed E-state index contributed by atoms with van der Waals surface area (Å²) in [6.07, 6.45) is 4.45. The van der Waals surface area contributed by atoms with Crippen LogP contribution in [0.4, 0.5) is 0 Å². The average Bonchev–Trinajstić information content (AvgIpc) is 2.33. The molecule has 1 aromatic rings. The van der Waals surface area contributed by atoms with E-state index in [1.807, 2.05) is 0 Å². The molecule has 0 aliphatic carbocycles. The molecule has 0 aromatic carbocycles. The maximum atomic E-state index is 9.09. The molecule has 0 aliphatic rings. The largest absolute Gasteiger partial charge is 0.385 e. The lowest BCUT2D eigenvalue weighted by Crippen LogP contribution is -1.99. The van der Waals surface area contributed by atoms with Crippen LogP contribution in [0.1, 0.15) is 18.9 Å². The van der Waals surface area contributed by atoms with Crippen LogP contribution in [0.15, 0.2) is 19.0 Å². The van der Waals surface area contributed by atoms with Crippen LogP contribution < -0.4 is 0 Å². The molecule has 0 saturated carbocycles. The molecule has 0 saturated heterocycles. The first-order valence-corrected chi connectivity index (χ1v) is 3.09. The van der Waals surface area contributed by atoms with Gasteiger partial charge in [-0.3, -0.25) is 0 Å². The molecule has 3 heteroatoms. The van der Waals surface area contributed by atoms with Gasteiger partial charge in [0.15, 0.2) is 0 Å². The minimum absolute atomic E-state index is 0.534. The van der Waals surface area contributed by atoms with E-state index in [0.717, 1.165) is 0 Å². The van der Waals surface area contributed by atoms with E-state index in [2.05, 4.69) is 11.6 Å². The first-order chi connectivity index (χ1) is 4.75. The maximum Gasteiger partial charge on any atom is 0.141 e. The molecule has 0 amide bonds. The summed E-state index contributed by atoms with van der Waals surface area (Å²) in [6.45, 7) is 5.23. The van der Waals surface area contributed by atoms with E-state index in [1.165, 1.54) is 0 Å². The molecule has 0 bridgehead atoms. The van der Waals surface area contributed by atoms with Crippen molar-refractivity contribution in [3.8, 4) is 0 Å². The fourth-order valence-corrected chi connectivity index (χ4v) is 0.803. The Hall–Kier alpha value is -1.09. The monoisotopic (exact) mass is 138 g/mol. The third kappa shape index (κ3) is 1.09. The molecule has 54 valence electrons. The summed E-state index contributed by atoms with van der Waals surface area (Å²) in [4.78, 5) is 3.93. The van der Waals surface area contributed by atoms with E-state index in [0.29, 0.717) is 5.82 Å². The minimum Gasteiger partial charge on any atom is -0.385 e. The lowest BCUT2D eigenvalue weighted by Gasteiger charge is -2.02. The van der Waals surface area contributed by atoms with Crippen LogP contribution in [0, 0.1) is 0 Å². The summed E-state index contributed by atoms with van der Waals surface area (Å²) in [7, 11) is 0. The predicted octanol–water partition coefficient (Wildman–Crippen LogP) is 1.04. The molecule has 1 atom stereocenters. The van der Waals surface area contributed by atoms with Crippen molar-refractivity contribution in [2.24, 2.45) is 0 Å². The first-order valence-electron chi connectivity index (χ1n) is 3.09. The van der Waals surface area contributed by atoms with Crippen LogP contribution in [0.5, 0.6) is 0 Å². The fraction of sp³-hybridized carbons (Fsp3) is 0.286. The Morgan fingerprint density at radius 1 is 1.90 bits per heavy atom. The lowest BCUT2D eigenvalue weighted by atomic mass is 10.4. The SMILES string of the molecule is C=Cn1ccnc1C(C)O. The third-order valence-electron chi connectivity index (χ3n) is 1.27. The second kappa shape index (κ2) is 2.66. The highest BCUT2D eigenvalue weighted by atomic mass is 16.3. The number of rotatable bonds is 2. The average molecular weight is 138 g/mol. The Kier molecular flexibility index (Phi) is 1.87. The molecule has 0 fully saturated rings. The Morgan fingerprint density at radius 3 is 3.00 bits per heavy atom. The molecule has 1 aromatic heterocycles. The highest BCUT2D eigenvalue weighted by Crippen LogP contribution is 2.08.